The summed E-state index contributed by atoms with van der Waals surface area (Å²) < 4.78 is 25.6. The van der Waals surface area contributed by atoms with Gasteiger partial charge in [0.2, 0.25) is 0 Å². The molecule has 2 aromatic heterocycles. The van der Waals surface area contributed by atoms with Gasteiger partial charge in [-0.3, -0.25) is 0 Å². The van der Waals surface area contributed by atoms with Gasteiger partial charge in [-0.15, -0.1) is 0 Å². The van der Waals surface area contributed by atoms with Crippen LogP contribution in [0.2, 0.25) is 0 Å². The molecule has 0 radical (unpaired) electrons. The molecule has 2 heterocycles. The van der Waals surface area contributed by atoms with Gasteiger partial charge in [0.25, 0.3) is 0 Å². The molecule has 0 fully saturated rings. The smallest absolute Gasteiger partial charge is 0.169 e. The summed E-state index contributed by atoms with van der Waals surface area (Å²) in [5.74, 6) is 0.997. The molecule has 1 aromatic carbocycles. The van der Waals surface area contributed by atoms with E-state index < -0.39 is 0 Å². The van der Waals surface area contributed by atoms with Crippen molar-refractivity contribution in [3.05, 3.63) is 58.4 Å². The van der Waals surface area contributed by atoms with Gasteiger partial charge in [-0.2, -0.15) is 0 Å². The molecule has 5 heteroatoms. The highest BCUT2D eigenvalue weighted by Gasteiger charge is 2.21. The van der Waals surface area contributed by atoms with Crippen LogP contribution in [0.3, 0.4) is 0 Å². The number of furan rings is 2. The Balaban J connectivity index is 2.07. The van der Waals surface area contributed by atoms with E-state index in [1.807, 2.05) is 31.2 Å². The van der Waals surface area contributed by atoms with Crippen LogP contribution in [-0.4, -0.2) is 6.54 Å². The third kappa shape index (κ3) is 2.39. The minimum Gasteiger partial charge on any atom is -0.456 e. The van der Waals surface area contributed by atoms with Crippen molar-refractivity contribution in [2.24, 2.45) is 0 Å². The molecule has 0 saturated carbocycles. The Morgan fingerprint density at radius 1 is 1.20 bits per heavy atom. The second-order valence-corrected chi connectivity index (χ2v) is 5.22. The first-order valence-electron chi connectivity index (χ1n) is 6.35. The fourth-order valence-electron chi connectivity index (χ4n) is 2.22. The van der Waals surface area contributed by atoms with Gasteiger partial charge in [-0.05, 0) is 46.7 Å². The summed E-state index contributed by atoms with van der Waals surface area (Å²) in [6, 6.07) is 10.2. The molecule has 0 aliphatic heterocycles. The lowest BCUT2D eigenvalue weighted by Crippen LogP contribution is -2.20. The molecule has 1 unspecified atom stereocenters. The van der Waals surface area contributed by atoms with E-state index in [-0.39, 0.29) is 17.4 Å². The van der Waals surface area contributed by atoms with Crippen LogP contribution in [0.15, 0.2) is 49.9 Å². The van der Waals surface area contributed by atoms with Gasteiger partial charge in [-0.25, -0.2) is 4.39 Å². The first-order chi connectivity index (χ1) is 9.69. The van der Waals surface area contributed by atoms with Crippen LogP contribution < -0.4 is 5.32 Å². The lowest BCUT2D eigenvalue weighted by molar-refractivity contribution is 0.392. The van der Waals surface area contributed by atoms with Crippen molar-refractivity contribution in [1.29, 1.82) is 0 Å². The number of fused-ring (bicyclic) bond motifs is 1. The number of halogens is 2. The normalized spacial score (nSPS) is 12.9. The Morgan fingerprint density at radius 2 is 2.05 bits per heavy atom. The van der Waals surface area contributed by atoms with E-state index in [4.69, 9.17) is 8.83 Å². The molecular formula is C15H13BrFNO2. The van der Waals surface area contributed by atoms with E-state index in [1.165, 1.54) is 6.07 Å². The molecule has 3 nitrogen and oxygen atoms in total. The molecule has 20 heavy (non-hydrogen) atoms. The third-order valence-electron chi connectivity index (χ3n) is 3.09. The molecule has 104 valence electrons. The second kappa shape index (κ2) is 5.42. The number of para-hydroxylation sites is 1. The van der Waals surface area contributed by atoms with E-state index in [0.29, 0.717) is 10.4 Å². The van der Waals surface area contributed by atoms with Crippen molar-refractivity contribution in [1.82, 2.24) is 5.32 Å². The summed E-state index contributed by atoms with van der Waals surface area (Å²) in [6.45, 7) is 2.73. The van der Waals surface area contributed by atoms with Crippen LogP contribution in [0.1, 0.15) is 24.5 Å². The van der Waals surface area contributed by atoms with Gasteiger partial charge in [0.15, 0.2) is 16.1 Å². The molecule has 1 N–H and O–H groups in total. The summed E-state index contributed by atoms with van der Waals surface area (Å²) in [5, 5.41) is 4.02. The zero-order chi connectivity index (χ0) is 14.1. The van der Waals surface area contributed by atoms with E-state index in [0.717, 1.165) is 17.7 Å². The van der Waals surface area contributed by atoms with Crippen LogP contribution in [0.25, 0.3) is 11.0 Å². The maximum absolute atomic E-state index is 13.7. The zero-order valence-electron chi connectivity index (χ0n) is 10.8. The largest absolute Gasteiger partial charge is 0.456 e. The topological polar surface area (TPSA) is 38.3 Å². The molecule has 1 atom stereocenters. The minimum absolute atomic E-state index is 0.238. The van der Waals surface area contributed by atoms with Gasteiger partial charge >= 0.3 is 0 Å². The van der Waals surface area contributed by atoms with E-state index >= 15 is 0 Å². The van der Waals surface area contributed by atoms with Crippen molar-refractivity contribution in [3.8, 4) is 0 Å². The van der Waals surface area contributed by atoms with Crippen LogP contribution in [0, 0.1) is 5.82 Å². The summed E-state index contributed by atoms with van der Waals surface area (Å²) in [4.78, 5) is 0. The number of hydrogen-bond acceptors (Lipinski definition) is 3. The van der Waals surface area contributed by atoms with Crippen LogP contribution in [0.5, 0.6) is 0 Å². The van der Waals surface area contributed by atoms with E-state index in [9.17, 15) is 4.39 Å². The summed E-state index contributed by atoms with van der Waals surface area (Å²) >= 11 is 3.29. The van der Waals surface area contributed by atoms with Gasteiger partial charge in [0, 0.05) is 5.39 Å². The van der Waals surface area contributed by atoms with Crippen LogP contribution in [-0.2, 0) is 0 Å². The maximum Gasteiger partial charge on any atom is 0.169 e. The fraction of sp³-hybridized carbons (Fsp3) is 0.200. The van der Waals surface area contributed by atoms with Crippen LogP contribution in [0.4, 0.5) is 4.39 Å². The van der Waals surface area contributed by atoms with Gasteiger partial charge < -0.3 is 14.2 Å². The summed E-state index contributed by atoms with van der Waals surface area (Å²) in [6.07, 6.45) is 0. The van der Waals surface area contributed by atoms with Crippen molar-refractivity contribution >= 4 is 26.9 Å². The number of rotatable bonds is 4. The Hall–Kier alpha value is -1.59. The molecular weight excluding hydrogens is 325 g/mol. The molecule has 0 saturated heterocycles. The molecule has 3 rings (SSSR count). The minimum atomic E-state index is -0.357. The van der Waals surface area contributed by atoms with Gasteiger partial charge in [0.05, 0.1) is 0 Å². The highest BCUT2D eigenvalue weighted by atomic mass is 79.9. The van der Waals surface area contributed by atoms with Gasteiger partial charge in [0.1, 0.15) is 17.6 Å². The average Bonchev–Trinajstić information content (AvgIpc) is 3.03. The SMILES string of the molecule is CCNC(c1ccc(Br)o1)c1cc2cccc(F)c2o1. The highest BCUT2D eigenvalue weighted by molar-refractivity contribution is 9.10. The molecule has 0 aliphatic rings. The quantitative estimate of drug-likeness (QED) is 0.754. The van der Waals surface area contributed by atoms with Crippen LogP contribution >= 0.6 is 15.9 Å². The van der Waals surface area contributed by atoms with E-state index in [2.05, 4.69) is 21.2 Å². The lowest BCUT2D eigenvalue weighted by atomic mass is 10.1. The molecule has 0 aliphatic carbocycles. The number of benzene rings is 1. The van der Waals surface area contributed by atoms with Crippen molar-refractivity contribution in [2.75, 3.05) is 6.54 Å². The maximum atomic E-state index is 13.7. The predicted octanol–water partition coefficient (Wildman–Crippen LogP) is 4.63. The molecule has 3 aromatic rings. The number of hydrogen-bond donors (Lipinski definition) is 1. The molecule has 0 bridgehead atoms. The first-order valence-corrected chi connectivity index (χ1v) is 7.15. The van der Waals surface area contributed by atoms with Crippen molar-refractivity contribution in [3.63, 3.8) is 0 Å². The Morgan fingerprint density at radius 3 is 2.70 bits per heavy atom. The average molecular weight is 338 g/mol. The molecule has 0 spiro atoms. The number of nitrogens with one attached hydrogen (secondary N) is 1. The van der Waals surface area contributed by atoms with Crippen molar-refractivity contribution in [2.45, 2.75) is 13.0 Å². The lowest BCUT2D eigenvalue weighted by Gasteiger charge is -2.12. The fourth-order valence-corrected chi connectivity index (χ4v) is 2.54. The van der Waals surface area contributed by atoms with E-state index in [1.54, 1.807) is 6.07 Å². The molecule has 0 amide bonds. The van der Waals surface area contributed by atoms with Crippen molar-refractivity contribution < 1.29 is 13.2 Å². The Bertz CT molecular complexity index is 734. The monoisotopic (exact) mass is 337 g/mol. The first kappa shape index (κ1) is 13.4. The summed E-state index contributed by atoms with van der Waals surface area (Å²) in [7, 11) is 0. The zero-order valence-corrected chi connectivity index (χ0v) is 12.4. The second-order valence-electron chi connectivity index (χ2n) is 4.44. The standard InChI is InChI=1S/C15H13BrFNO2/c1-2-18-14(11-6-7-13(16)19-11)12-8-9-4-3-5-10(17)15(9)20-12/h3-8,14,18H,2H2,1H3. The Labute approximate surface area is 123 Å². The predicted molar refractivity (Wildman–Crippen MR) is 78.1 cm³/mol. The third-order valence-corrected chi connectivity index (χ3v) is 3.51. The summed E-state index contributed by atoms with van der Waals surface area (Å²) in [5.41, 5.74) is 0.274. The van der Waals surface area contributed by atoms with Gasteiger partial charge in [-0.1, -0.05) is 19.1 Å². The Kier molecular flexibility index (Phi) is 3.63. The highest BCUT2D eigenvalue weighted by Crippen LogP contribution is 2.31.